The average Bonchev–Trinajstić information content (AvgIpc) is 2.85. The number of aryl methyl sites for hydroxylation is 1. The molecule has 202 valence electrons. The second-order valence-electron chi connectivity index (χ2n) is 11.1. The molecule has 38 heavy (non-hydrogen) atoms. The molecule has 0 spiro atoms. The summed E-state index contributed by atoms with van der Waals surface area (Å²) in [4.78, 5) is 29.2. The van der Waals surface area contributed by atoms with Gasteiger partial charge in [-0.15, -0.1) is 0 Å². The first-order valence-corrected chi connectivity index (χ1v) is 13.9. The second kappa shape index (κ2) is 13.3. The van der Waals surface area contributed by atoms with Crippen LogP contribution in [0.15, 0.2) is 72.8 Å². The molecule has 0 heterocycles. The zero-order valence-electron chi connectivity index (χ0n) is 22.9. The molecule has 3 rings (SSSR count). The predicted octanol–water partition coefficient (Wildman–Crippen LogP) is 7.60. The number of carbonyl (C=O) groups is 2. The summed E-state index contributed by atoms with van der Waals surface area (Å²) in [5.74, 6) is 0.153. The molecule has 0 aliphatic heterocycles. The lowest BCUT2D eigenvalue weighted by molar-refractivity contribution is -0.141. The first-order valence-electron chi connectivity index (χ1n) is 13.1. The van der Waals surface area contributed by atoms with E-state index < -0.39 is 11.6 Å². The largest absolute Gasteiger partial charge is 0.350 e. The summed E-state index contributed by atoms with van der Waals surface area (Å²) in [6.45, 7) is 10.3. The number of amides is 2. The van der Waals surface area contributed by atoms with Gasteiger partial charge in [-0.25, -0.2) is 0 Å². The van der Waals surface area contributed by atoms with Gasteiger partial charge < -0.3 is 10.2 Å². The molecular formula is C32H38Cl2N2O2. The minimum atomic E-state index is -0.709. The van der Waals surface area contributed by atoms with Crippen molar-refractivity contribution in [3.63, 3.8) is 0 Å². The third kappa shape index (κ3) is 8.89. The Labute approximate surface area is 237 Å². The minimum absolute atomic E-state index is 0.103. The van der Waals surface area contributed by atoms with Gasteiger partial charge in [0, 0.05) is 35.0 Å². The van der Waals surface area contributed by atoms with Crippen LogP contribution in [0.3, 0.4) is 0 Å². The van der Waals surface area contributed by atoms with Crippen molar-refractivity contribution in [1.82, 2.24) is 10.2 Å². The summed E-state index contributed by atoms with van der Waals surface area (Å²) in [6, 6.07) is 22.7. The van der Waals surface area contributed by atoms with E-state index in [2.05, 4.69) is 43.4 Å². The first-order chi connectivity index (χ1) is 17.9. The SMILES string of the molecule is CC(C)c1ccc(CCC(=O)N(Cc2ccc(Cl)cc2Cl)C(Cc2ccccc2)C(=O)NC(C)(C)C)cc1. The molecule has 1 unspecified atom stereocenters. The van der Waals surface area contributed by atoms with Gasteiger partial charge in [0.1, 0.15) is 6.04 Å². The topological polar surface area (TPSA) is 49.4 Å². The van der Waals surface area contributed by atoms with E-state index in [1.54, 1.807) is 17.0 Å². The number of carbonyl (C=O) groups excluding carboxylic acids is 2. The van der Waals surface area contributed by atoms with Crippen LogP contribution in [0.2, 0.25) is 10.0 Å². The zero-order valence-corrected chi connectivity index (χ0v) is 24.4. The first kappa shape index (κ1) is 29.7. The summed E-state index contributed by atoms with van der Waals surface area (Å²) in [6.07, 6.45) is 1.25. The fourth-order valence-electron chi connectivity index (χ4n) is 4.30. The molecule has 3 aromatic carbocycles. The molecule has 0 aliphatic carbocycles. The summed E-state index contributed by atoms with van der Waals surface area (Å²) in [5.41, 5.74) is 3.63. The van der Waals surface area contributed by atoms with Gasteiger partial charge in [0.05, 0.1) is 0 Å². The molecule has 1 atom stereocenters. The van der Waals surface area contributed by atoms with E-state index in [0.29, 0.717) is 28.8 Å². The highest BCUT2D eigenvalue weighted by molar-refractivity contribution is 6.35. The number of hydrogen-bond acceptors (Lipinski definition) is 2. The monoisotopic (exact) mass is 552 g/mol. The summed E-state index contributed by atoms with van der Waals surface area (Å²) >= 11 is 12.6. The van der Waals surface area contributed by atoms with Crippen molar-refractivity contribution in [3.05, 3.63) is 105 Å². The molecule has 0 aromatic heterocycles. The Hall–Kier alpha value is -2.82. The maximum absolute atomic E-state index is 13.9. The van der Waals surface area contributed by atoms with Gasteiger partial charge in [-0.3, -0.25) is 9.59 Å². The number of halogens is 2. The van der Waals surface area contributed by atoms with Crippen molar-refractivity contribution in [2.24, 2.45) is 0 Å². The molecule has 2 amide bonds. The lowest BCUT2D eigenvalue weighted by Gasteiger charge is -2.34. The average molecular weight is 554 g/mol. The molecular weight excluding hydrogens is 515 g/mol. The number of benzene rings is 3. The molecule has 0 saturated heterocycles. The van der Waals surface area contributed by atoms with Crippen molar-refractivity contribution in [2.45, 2.75) is 77.9 Å². The Morgan fingerprint density at radius 1 is 0.895 bits per heavy atom. The molecule has 0 aliphatic rings. The van der Waals surface area contributed by atoms with Crippen molar-refractivity contribution >= 4 is 35.0 Å². The van der Waals surface area contributed by atoms with Crippen LogP contribution in [0, 0.1) is 0 Å². The summed E-state index contributed by atoms with van der Waals surface area (Å²) < 4.78 is 0. The predicted molar refractivity (Wildman–Crippen MR) is 158 cm³/mol. The van der Waals surface area contributed by atoms with E-state index in [9.17, 15) is 9.59 Å². The van der Waals surface area contributed by atoms with Gasteiger partial charge in [0.15, 0.2) is 0 Å². The maximum atomic E-state index is 13.9. The van der Waals surface area contributed by atoms with Crippen LogP contribution < -0.4 is 5.32 Å². The molecule has 3 aromatic rings. The second-order valence-corrected chi connectivity index (χ2v) is 11.9. The van der Waals surface area contributed by atoms with Gasteiger partial charge in [0.2, 0.25) is 11.8 Å². The van der Waals surface area contributed by atoms with Crippen LogP contribution in [0.5, 0.6) is 0 Å². The van der Waals surface area contributed by atoms with Gasteiger partial charge >= 0.3 is 0 Å². The van der Waals surface area contributed by atoms with E-state index >= 15 is 0 Å². The van der Waals surface area contributed by atoms with E-state index in [4.69, 9.17) is 23.2 Å². The van der Waals surface area contributed by atoms with Gasteiger partial charge in [-0.1, -0.05) is 97.7 Å². The third-order valence-electron chi connectivity index (χ3n) is 6.40. The van der Waals surface area contributed by atoms with Crippen molar-refractivity contribution < 1.29 is 9.59 Å². The van der Waals surface area contributed by atoms with Crippen molar-refractivity contribution in [1.29, 1.82) is 0 Å². The lowest BCUT2D eigenvalue weighted by Crippen LogP contribution is -2.54. The molecule has 0 saturated carbocycles. The van der Waals surface area contributed by atoms with Gasteiger partial charge in [0.25, 0.3) is 0 Å². The molecule has 4 nitrogen and oxygen atoms in total. The highest BCUT2D eigenvalue weighted by atomic mass is 35.5. The number of rotatable bonds is 10. The van der Waals surface area contributed by atoms with E-state index in [-0.39, 0.29) is 24.8 Å². The highest BCUT2D eigenvalue weighted by Gasteiger charge is 2.32. The summed E-state index contributed by atoms with van der Waals surface area (Å²) in [7, 11) is 0. The number of hydrogen-bond donors (Lipinski definition) is 1. The van der Waals surface area contributed by atoms with E-state index in [0.717, 1.165) is 16.7 Å². The van der Waals surface area contributed by atoms with Crippen LogP contribution in [0.4, 0.5) is 0 Å². The van der Waals surface area contributed by atoms with Crippen molar-refractivity contribution in [2.75, 3.05) is 0 Å². The smallest absolute Gasteiger partial charge is 0.243 e. The molecule has 6 heteroatoms. The van der Waals surface area contributed by atoms with Crippen LogP contribution in [0.25, 0.3) is 0 Å². The summed E-state index contributed by atoms with van der Waals surface area (Å²) in [5, 5.41) is 4.08. The minimum Gasteiger partial charge on any atom is -0.350 e. The van der Waals surface area contributed by atoms with Gasteiger partial charge in [-0.05, 0) is 67.5 Å². The standard InChI is InChI=1S/C32H38Cl2N2O2/c1-22(2)25-14-11-23(12-15-25)13-18-30(37)36(21-26-16-17-27(33)20-28(26)34)29(31(38)35-32(3,4)5)19-24-9-7-6-8-10-24/h6-12,14-17,20,22,29H,13,18-19,21H2,1-5H3,(H,35,38). The van der Waals surface area contributed by atoms with Crippen molar-refractivity contribution in [3.8, 4) is 0 Å². The Bertz CT molecular complexity index is 1220. The number of nitrogens with zero attached hydrogens (tertiary/aromatic N) is 1. The Kier molecular flexibility index (Phi) is 10.4. The van der Waals surface area contributed by atoms with Crippen LogP contribution in [0.1, 0.15) is 69.2 Å². The van der Waals surface area contributed by atoms with Crippen LogP contribution in [-0.4, -0.2) is 28.3 Å². The van der Waals surface area contributed by atoms with Crippen LogP contribution >= 0.6 is 23.2 Å². The van der Waals surface area contributed by atoms with Gasteiger partial charge in [-0.2, -0.15) is 0 Å². The molecule has 1 N–H and O–H groups in total. The Balaban J connectivity index is 1.93. The van der Waals surface area contributed by atoms with E-state index in [1.807, 2.05) is 57.2 Å². The Morgan fingerprint density at radius 3 is 2.13 bits per heavy atom. The quantitative estimate of drug-likeness (QED) is 0.281. The molecule has 0 bridgehead atoms. The zero-order chi connectivity index (χ0) is 27.9. The third-order valence-corrected chi connectivity index (χ3v) is 6.99. The molecule has 0 radical (unpaired) electrons. The highest BCUT2D eigenvalue weighted by Crippen LogP contribution is 2.25. The fourth-order valence-corrected chi connectivity index (χ4v) is 4.77. The fraction of sp³-hybridized carbons (Fsp3) is 0.375. The number of nitrogens with one attached hydrogen (secondary N) is 1. The Morgan fingerprint density at radius 2 is 1.55 bits per heavy atom. The normalized spacial score (nSPS) is 12.3. The lowest BCUT2D eigenvalue weighted by atomic mass is 9.98. The maximum Gasteiger partial charge on any atom is 0.243 e. The van der Waals surface area contributed by atoms with E-state index in [1.165, 1.54) is 5.56 Å². The molecule has 0 fully saturated rings. The van der Waals surface area contributed by atoms with Crippen LogP contribution in [-0.2, 0) is 29.0 Å².